The molecule has 1 aliphatic carbocycles. The highest BCUT2D eigenvalue weighted by molar-refractivity contribution is 9.10. The SMILES string of the molecule is COc1cc(Br)cc(C=Nn2c(C3CCCCC3)nc3ccc(Br)cc3c2=O)c1OCc1cccc(C)c1. The summed E-state index contributed by atoms with van der Waals surface area (Å²) in [5, 5.41) is 5.25. The molecule has 0 radical (unpaired) electrons. The molecule has 0 atom stereocenters. The molecule has 0 unspecified atom stereocenters. The van der Waals surface area contributed by atoms with Crippen LogP contribution in [0.15, 0.2) is 73.4 Å². The third-order valence-corrected chi connectivity index (χ3v) is 7.80. The van der Waals surface area contributed by atoms with Gasteiger partial charge in [0.05, 0.1) is 24.2 Å². The summed E-state index contributed by atoms with van der Waals surface area (Å²) in [7, 11) is 1.61. The van der Waals surface area contributed by atoms with Gasteiger partial charge < -0.3 is 9.47 Å². The predicted molar refractivity (Wildman–Crippen MR) is 159 cm³/mol. The second-order valence-electron chi connectivity index (χ2n) is 9.63. The second-order valence-corrected chi connectivity index (χ2v) is 11.5. The lowest BCUT2D eigenvalue weighted by Gasteiger charge is -2.23. The topological polar surface area (TPSA) is 65.7 Å². The van der Waals surface area contributed by atoms with Crippen LogP contribution >= 0.6 is 31.9 Å². The van der Waals surface area contributed by atoms with Gasteiger partial charge in [0, 0.05) is 20.4 Å². The van der Waals surface area contributed by atoms with Gasteiger partial charge in [0.2, 0.25) is 0 Å². The Morgan fingerprint density at radius 1 is 1.05 bits per heavy atom. The predicted octanol–water partition coefficient (Wildman–Crippen LogP) is 7.75. The summed E-state index contributed by atoms with van der Waals surface area (Å²) >= 11 is 7.05. The molecule has 0 spiro atoms. The van der Waals surface area contributed by atoms with E-state index in [1.165, 1.54) is 16.7 Å². The van der Waals surface area contributed by atoms with E-state index in [0.29, 0.717) is 40.4 Å². The van der Waals surface area contributed by atoms with E-state index in [9.17, 15) is 4.79 Å². The number of benzene rings is 3. The number of hydrogen-bond acceptors (Lipinski definition) is 5. The van der Waals surface area contributed by atoms with Crippen molar-refractivity contribution in [2.75, 3.05) is 7.11 Å². The van der Waals surface area contributed by atoms with Crippen molar-refractivity contribution in [2.24, 2.45) is 5.10 Å². The molecule has 196 valence electrons. The van der Waals surface area contributed by atoms with E-state index in [2.05, 4.69) is 50.9 Å². The molecule has 38 heavy (non-hydrogen) atoms. The van der Waals surface area contributed by atoms with Gasteiger partial charge in [-0.1, -0.05) is 81.0 Å². The standard InChI is InChI=1S/C30H29Br2N3O3/c1-19-7-6-8-20(13-19)18-38-28-22(14-24(32)16-27(28)37-2)17-33-35-29(21-9-4-3-5-10-21)34-26-12-11-23(31)15-25(26)30(35)36/h6-8,11-17,21H,3-5,9-10,18H2,1-2H3. The van der Waals surface area contributed by atoms with E-state index in [1.807, 2.05) is 36.4 Å². The zero-order valence-electron chi connectivity index (χ0n) is 21.4. The highest BCUT2D eigenvalue weighted by Gasteiger charge is 2.23. The van der Waals surface area contributed by atoms with Gasteiger partial charge in [-0.2, -0.15) is 9.78 Å². The molecule has 0 amide bonds. The lowest BCUT2D eigenvalue weighted by molar-refractivity contribution is 0.284. The third kappa shape index (κ3) is 5.86. The quantitative estimate of drug-likeness (QED) is 0.194. The van der Waals surface area contributed by atoms with E-state index >= 15 is 0 Å². The van der Waals surface area contributed by atoms with Crippen LogP contribution in [-0.2, 0) is 6.61 Å². The Bertz CT molecular complexity index is 1560. The number of ether oxygens (including phenoxy) is 2. The Balaban J connectivity index is 1.59. The molecule has 1 aromatic heterocycles. The molecule has 1 aliphatic rings. The first-order chi connectivity index (χ1) is 18.4. The average molecular weight is 639 g/mol. The number of nitrogens with zero attached hydrogens (tertiary/aromatic N) is 3. The molecule has 1 fully saturated rings. The maximum atomic E-state index is 13.7. The van der Waals surface area contributed by atoms with Crippen LogP contribution in [0.25, 0.3) is 10.9 Å². The number of methoxy groups -OCH3 is 1. The number of fused-ring (bicyclic) bond motifs is 1. The Hall–Kier alpha value is -2.97. The van der Waals surface area contributed by atoms with Crippen LogP contribution in [0.1, 0.15) is 60.5 Å². The fourth-order valence-corrected chi connectivity index (χ4v) is 5.79. The van der Waals surface area contributed by atoms with Crippen molar-refractivity contribution in [3.05, 3.63) is 96.4 Å². The van der Waals surface area contributed by atoms with Crippen molar-refractivity contribution in [2.45, 2.75) is 51.6 Å². The fraction of sp³-hybridized carbons (Fsp3) is 0.300. The number of halogens is 2. The minimum absolute atomic E-state index is 0.183. The van der Waals surface area contributed by atoms with Crippen molar-refractivity contribution in [1.29, 1.82) is 0 Å². The summed E-state index contributed by atoms with van der Waals surface area (Å²) in [4.78, 5) is 18.6. The van der Waals surface area contributed by atoms with E-state index in [0.717, 1.165) is 40.2 Å². The minimum atomic E-state index is -0.183. The number of rotatable bonds is 7. The van der Waals surface area contributed by atoms with Crippen LogP contribution in [0.5, 0.6) is 11.5 Å². The summed E-state index contributed by atoms with van der Waals surface area (Å²) < 4.78 is 15.0. The van der Waals surface area contributed by atoms with E-state index in [4.69, 9.17) is 19.6 Å². The van der Waals surface area contributed by atoms with Gasteiger partial charge in [-0.3, -0.25) is 4.79 Å². The van der Waals surface area contributed by atoms with Crippen molar-refractivity contribution in [3.8, 4) is 11.5 Å². The maximum absolute atomic E-state index is 13.7. The molecule has 4 aromatic rings. The van der Waals surface area contributed by atoms with Crippen molar-refractivity contribution >= 4 is 49.0 Å². The summed E-state index contributed by atoms with van der Waals surface area (Å²) in [6, 6.07) is 17.6. The molecular formula is C30H29Br2N3O3. The Morgan fingerprint density at radius 3 is 2.63 bits per heavy atom. The molecular weight excluding hydrogens is 610 g/mol. The first-order valence-corrected chi connectivity index (χ1v) is 14.3. The first kappa shape index (κ1) is 26.6. The second kappa shape index (κ2) is 11.8. The molecule has 5 rings (SSSR count). The Morgan fingerprint density at radius 2 is 1.87 bits per heavy atom. The smallest absolute Gasteiger partial charge is 0.282 e. The van der Waals surface area contributed by atoms with Crippen LogP contribution in [0.2, 0.25) is 0 Å². The normalized spacial score (nSPS) is 14.3. The number of aryl methyl sites for hydroxylation is 1. The summed E-state index contributed by atoms with van der Waals surface area (Å²) in [6.07, 6.45) is 7.13. The van der Waals surface area contributed by atoms with Gasteiger partial charge in [0.1, 0.15) is 12.4 Å². The van der Waals surface area contributed by atoms with Crippen molar-refractivity contribution < 1.29 is 9.47 Å². The molecule has 0 bridgehead atoms. The number of aromatic nitrogens is 2. The summed E-state index contributed by atoms with van der Waals surface area (Å²) in [5.74, 6) is 2.04. The van der Waals surface area contributed by atoms with E-state index in [-0.39, 0.29) is 11.5 Å². The fourth-order valence-electron chi connectivity index (χ4n) is 4.97. The van der Waals surface area contributed by atoms with Crippen LogP contribution in [0.4, 0.5) is 0 Å². The van der Waals surface area contributed by atoms with Gasteiger partial charge >= 0.3 is 0 Å². The van der Waals surface area contributed by atoms with E-state index < -0.39 is 0 Å². The molecule has 1 saturated carbocycles. The zero-order valence-corrected chi connectivity index (χ0v) is 24.6. The molecule has 6 nitrogen and oxygen atoms in total. The molecule has 0 saturated heterocycles. The molecule has 8 heteroatoms. The van der Waals surface area contributed by atoms with E-state index in [1.54, 1.807) is 19.4 Å². The summed E-state index contributed by atoms with van der Waals surface area (Å²) in [5.41, 5.74) is 3.42. The summed E-state index contributed by atoms with van der Waals surface area (Å²) in [6.45, 7) is 2.43. The highest BCUT2D eigenvalue weighted by atomic mass is 79.9. The van der Waals surface area contributed by atoms with Crippen molar-refractivity contribution in [3.63, 3.8) is 0 Å². The first-order valence-electron chi connectivity index (χ1n) is 12.8. The zero-order chi connectivity index (χ0) is 26.6. The number of hydrogen-bond donors (Lipinski definition) is 0. The lowest BCUT2D eigenvalue weighted by atomic mass is 9.88. The average Bonchev–Trinajstić information content (AvgIpc) is 2.92. The van der Waals surface area contributed by atoms with Gasteiger partial charge in [-0.15, -0.1) is 0 Å². The Labute approximate surface area is 239 Å². The van der Waals surface area contributed by atoms with Gasteiger partial charge in [0.15, 0.2) is 11.5 Å². The molecule has 1 heterocycles. The van der Waals surface area contributed by atoms with Crippen LogP contribution in [-0.4, -0.2) is 23.0 Å². The Kier molecular flexibility index (Phi) is 8.29. The third-order valence-electron chi connectivity index (χ3n) is 6.85. The van der Waals surface area contributed by atoms with Crippen LogP contribution in [0.3, 0.4) is 0 Å². The van der Waals surface area contributed by atoms with Crippen LogP contribution in [0, 0.1) is 6.92 Å². The van der Waals surface area contributed by atoms with Gasteiger partial charge in [-0.25, -0.2) is 4.98 Å². The van der Waals surface area contributed by atoms with Gasteiger partial charge in [0.25, 0.3) is 5.56 Å². The largest absolute Gasteiger partial charge is 0.493 e. The molecule has 0 N–H and O–H groups in total. The molecule has 3 aromatic carbocycles. The minimum Gasteiger partial charge on any atom is -0.493 e. The maximum Gasteiger partial charge on any atom is 0.282 e. The van der Waals surface area contributed by atoms with Gasteiger partial charge in [-0.05, 0) is 55.7 Å². The van der Waals surface area contributed by atoms with Crippen LogP contribution < -0.4 is 15.0 Å². The lowest BCUT2D eigenvalue weighted by Crippen LogP contribution is -2.25. The monoisotopic (exact) mass is 637 g/mol. The molecule has 0 aliphatic heterocycles. The van der Waals surface area contributed by atoms with Crippen molar-refractivity contribution in [1.82, 2.24) is 9.66 Å². The highest BCUT2D eigenvalue weighted by Crippen LogP contribution is 2.35.